The first-order valence-corrected chi connectivity index (χ1v) is 6.18. The molecule has 1 fully saturated rings. The third kappa shape index (κ3) is 2.60. The summed E-state index contributed by atoms with van der Waals surface area (Å²) in [4.78, 5) is 12.0. The molecule has 0 heterocycles. The van der Waals surface area contributed by atoms with E-state index in [0.717, 1.165) is 12.0 Å². The van der Waals surface area contributed by atoms with Crippen LogP contribution in [0.25, 0.3) is 0 Å². The number of carbonyl (C=O) groups is 1. The number of carbonyl (C=O) groups excluding carboxylic acids is 1. The monoisotopic (exact) mass is 233 g/mol. The lowest BCUT2D eigenvalue weighted by atomic mass is 10.1. The van der Waals surface area contributed by atoms with Crippen LogP contribution in [0.4, 0.5) is 0 Å². The van der Waals surface area contributed by atoms with E-state index in [1.807, 2.05) is 13.0 Å². The van der Waals surface area contributed by atoms with Gasteiger partial charge < -0.3 is 10.4 Å². The van der Waals surface area contributed by atoms with Crippen LogP contribution in [0.5, 0.6) is 5.75 Å². The van der Waals surface area contributed by atoms with Crippen molar-refractivity contribution in [2.24, 2.45) is 5.92 Å². The number of benzene rings is 1. The lowest BCUT2D eigenvalue weighted by molar-refractivity contribution is 0.0927. The van der Waals surface area contributed by atoms with E-state index in [1.54, 1.807) is 12.1 Å². The van der Waals surface area contributed by atoms with E-state index < -0.39 is 0 Å². The standard InChI is InChI=1S/C14H19NO2/c1-9-6-7-11(13(16)8-9)14(17)15-12-5-3-4-10(12)2/h6-8,10,12,16H,3-5H2,1-2H3,(H,15,17). The third-order valence-corrected chi connectivity index (χ3v) is 3.58. The summed E-state index contributed by atoms with van der Waals surface area (Å²) in [5, 5.41) is 12.7. The molecule has 2 rings (SSSR count). The van der Waals surface area contributed by atoms with Gasteiger partial charge in [-0.2, -0.15) is 0 Å². The Kier molecular flexibility index (Phi) is 3.36. The lowest BCUT2D eigenvalue weighted by Gasteiger charge is -2.17. The van der Waals surface area contributed by atoms with Crippen molar-refractivity contribution in [3.05, 3.63) is 29.3 Å². The molecular weight excluding hydrogens is 214 g/mol. The Labute approximate surface area is 102 Å². The molecule has 0 aliphatic heterocycles. The lowest BCUT2D eigenvalue weighted by Crippen LogP contribution is -2.36. The molecule has 3 heteroatoms. The van der Waals surface area contributed by atoms with Crippen molar-refractivity contribution >= 4 is 5.91 Å². The zero-order valence-corrected chi connectivity index (χ0v) is 10.4. The van der Waals surface area contributed by atoms with E-state index in [0.29, 0.717) is 11.5 Å². The highest BCUT2D eigenvalue weighted by molar-refractivity contribution is 5.97. The molecule has 92 valence electrons. The van der Waals surface area contributed by atoms with Gasteiger partial charge in [0.15, 0.2) is 0 Å². The number of phenolic OH excluding ortho intramolecular Hbond substituents is 1. The van der Waals surface area contributed by atoms with Crippen LogP contribution in [0.15, 0.2) is 18.2 Å². The first-order valence-electron chi connectivity index (χ1n) is 6.18. The second-order valence-electron chi connectivity index (χ2n) is 5.01. The van der Waals surface area contributed by atoms with Gasteiger partial charge in [-0.25, -0.2) is 0 Å². The fourth-order valence-electron chi connectivity index (χ4n) is 2.44. The van der Waals surface area contributed by atoms with Gasteiger partial charge in [-0.15, -0.1) is 0 Å². The fraction of sp³-hybridized carbons (Fsp3) is 0.500. The van der Waals surface area contributed by atoms with E-state index in [2.05, 4.69) is 12.2 Å². The molecule has 3 nitrogen and oxygen atoms in total. The predicted molar refractivity (Wildman–Crippen MR) is 67.1 cm³/mol. The molecule has 1 aliphatic rings. The van der Waals surface area contributed by atoms with Crippen molar-refractivity contribution < 1.29 is 9.90 Å². The highest BCUT2D eigenvalue weighted by Gasteiger charge is 2.25. The quantitative estimate of drug-likeness (QED) is 0.825. The Morgan fingerprint density at radius 1 is 1.41 bits per heavy atom. The number of phenols is 1. The average molecular weight is 233 g/mol. The van der Waals surface area contributed by atoms with Crippen LogP contribution in [0, 0.1) is 12.8 Å². The van der Waals surface area contributed by atoms with Crippen LogP contribution in [-0.4, -0.2) is 17.1 Å². The maximum atomic E-state index is 12.0. The summed E-state index contributed by atoms with van der Waals surface area (Å²) >= 11 is 0. The van der Waals surface area contributed by atoms with Crippen LogP contribution in [0.1, 0.15) is 42.1 Å². The van der Waals surface area contributed by atoms with Crippen molar-refractivity contribution in [3.63, 3.8) is 0 Å². The summed E-state index contributed by atoms with van der Waals surface area (Å²) in [6.45, 7) is 4.05. The summed E-state index contributed by atoms with van der Waals surface area (Å²) in [5.74, 6) is 0.431. The first-order chi connectivity index (χ1) is 8.08. The molecule has 2 unspecified atom stereocenters. The molecule has 2 atom stereocenters. The normalized spacial score (nSPS) is 23.6. The molecule has 1 amide bonds. The minimum absolute atomic E-state index is 0.0631. The zero-order valence-electron chi connectivity index (χ0n) is 10.4. The van der Waals surface area contributed by atoms with Crippen molar-refractivity contribution in [3.8, 4) is 5.75 Å². The molecule has 1 saturated carbocycles. The Balaban J connectivity index is 2.09. The average Bonchev–Trinajstić information content (AvgIpc) is 2.64. The number of nitrogens with one attached hydrogen (secondary N) is 1. The second kappa shape index (κ2) is 4.78. The van der Waals surface area contributed by atoms with Crippen molar-refractivity contribution in [1.82, 2.24) is 5.32 Å². The van der Waals surface area contributed by atoms with Gasteiger partial charge in [0.25, 0.3) is 5.91 Å². The van der Waals surface area contributed by atoms with Gasteiger partial charge in [-0.05, 0) is 43.4 Å². The molecule has 0 saturated heterocycles. The largest absolute Gasteiger partial charge is 0.507 e. The number of rotatable bonds is 2. The highest BCUT2D eigenvalue weighted by atomic mass is 16.3. The van der Waals surface area contributed by atoms with Gasteiger partial charge in [0, 0.05) is 6.04 Å². The van der Waals surface area contributed by atoms with Gasteiger partial charge in [0.2, 0.25) is 0 Å². The Hall–Kier alpha value is -1.51. The summed E-state index contributed by atoms with van der Waals surface area (Å²) in [6.07, 6.45) is 3.39. The molecular formula is C14H19NO2. The highest BCUT2D eigenvalue weighted by Crippen LogP contribution is 2.26. The van der Waals surface area contributed by atoms with E-state index in [4.69, 9.17) is 0 Å². The second-order valence-corrected chi connectivity index (χ2v) is 5.01. The molecule has 1 aromatic rings. The Morgan fingerprint density at radius 3 is 2.76 bits per heavy atom. The Bertz CT molecular complexity index is 428. The van der Waals surface area contributed by atoms with Crippen molar-refractivity contribution in [2.75, 3.05) is 0 Å². The molecule has 1 aromatic carbocycles. The summed E-state index contributed by atoms with van der Waals surface area (Å²) in [5.41, 5.74) is 1.32. The molecule has 0 aromatic heterocycles. The summed E-state index contributed by atoms with van der Waals surface area (Å²) in [7, 11) is 0. The first kappa shape index (κ1) is 12.0. The maximum Gasteiger partial charge on any atom is 0.255 e. The van der Waals surface area contributed by atoms with Crippen LogP contribution in [0.3, 0.4) is 0 Å². The van der Waals surface area contributed by atoms with E-state index in [1.165, 1.54) is 12.8 Å². The van der Waals surface area contributed by atoms with Crippen molar-refractivity contribution in [2.45, 2.75) is 39.2 Å². The van der Waals surface area contributed by atoms with Crippen LogP contribution in [0.2, 0.25) is 0 Å². The minimum atomic E-state index is -0.166. The number of hydrogen-bond donors (Lipinski definition) is 2. The van der Waals surface area contributed by atoms with Gasteiger partial charge in [-0.3, -0.25) is 4.79 Å². The molecule has 0 spiro atoms. The molecule has 17 heavy (non-hydrogen) atoms. The molecule has 0 bridgehead atoms. The minimum Gasteiger partial charge on any atom is -0.507 e. The summed E-state index contributed by atoms with van der Waals surface area (Å²) in [6, 6.07) is 5.39. The van der Waals surface area contributed by atoms with Gasteiger partial charge in [0.05, 0.1) is 5.56 Å². The number of aryl methyl sites for hydroxylation is 1. The van der Waals surface area contributed by atoms with Crippen LogP contribution in [-0.2, 0) is 0 Å². The number of hydrogen-bond acceptors (Lipinski definition) is 2. The van der Waals surface area contributed by atoms with Crippen LogP contribution < -0.4 is 5.32 Å². The molecule has 1 aliphatic carbocycles. The number of aromatic hydroxyl groups is 1. The van der Waals surface area contributed by atoms with Crippen LogP contribution >= 0.6 is 0 Å². The van der Waals surface area contributed by atoms with Gasteiger partial charge in [0.1, 0.15) is 5.75 Å². The summed E-state index contributed by atoms with van der Waals surface area (Å²) < 4.78 is 0. The van der Waals surface area contributed by atoms with E-state index in [-0.39, 0.29) is 17.7 Å². The van der Waals surface area contributed by atoms with Gasteiger partial charge >= 0.3 is 0 Å². The zero-order chi connectivity index (χ0) is 12.4. The third-order valence-electron chi connectivity index (χ3n) is 3.58. The maximum absolute atomic E-state index is 12.0. The predicted octanol–water partition coefficient (Wildman–Crippen LogP) is 2.62. The SMILES string of the molecule is Cc1ccc(C(=O)NC2CCCC2C)c(O)c1. The Morgan fingerprint density at radius 2 is 2.18 bits per heavy atom. The molecule has 2 N–H and O–H groups in total. The van der Waals surface area contributed by atoms with E-state index in [9.17, 15) is 9.90 Å². The number of amides is 1. The van der Waals surface area contributed by atoms with E-state index >= 15 is 0 Å². The molecule has 0 radical (unpaired) electrons. The van der Waals surface area contributed by atoms with Gasteiger partial charge in [-0.1, -0.05) is 19.4 Å². The van der Waals surface area contributed by atoms with Crippen molar-refractivity contribution in [1.29, 1.82) is 0 Å². The fourth-order valence-corrected chi connectivity index (χ4v) is 2.44. The smallest absolute Gasteiger partial charge is 0.255 e. The topological polar surface area (TPSA) is 49.3 Å².